The quantitative estimate of drug-likeness (QED) is 0.608. The summed E-state index contributed by atoms with van der Waals surface area (Å²) in [5.41, 5.74) is 0.827. The van der Waals surface area contributed by atoms with Crippen molar-refractivity contribution < 1.29 is 19.3 Å². The first-order chi connectivity index (χ1) is 15.3. The lowest BCUT2D eigenvalue weighted by Gasteiger charge is -2.33. The van der Waals surface area contributed by atoms with Crippen molar-refractivity contribution in [2.24, 2.45) is 4.99 Å². The fourth-order valence-corrected chi connectivity index (χ4v) is 4.77. The lowest BCUT2D eigenvalue weighted by molar-refractivity contribution is -0.552. The minimum Gasteiger partial charge on any atom is -0.395 e. The van der Waals surface area contributed by atoms with E-state index in [1.54, 1.807) is 19.2 Å². The number of fused-ring (bicyclic) bond motifs is 1. The molecule has 1 atom stereocenters. The molecule has 0 bridgehead atoms. The van der Waals surface area contributed by atoms with Gasteiger partial charge in [0.15, 0.2) is 0 Å². The Morgan fingerprint density at radius 2 is 1.78 bits per heavy atom. The number of carbonyl (C=O) groups excluding carboxylic acids is 2. The monoisotopic (exact) mass is 481 g/mol. The molecule has 1 unspecified atom stereocenters. The molecule has 2 saturated heterocycles. The molecule has 1 aromatic carbocycles. The zero-order chi connectivity index (χ0) is 23.0. The average molecular weight is 482 g/mol. The fourth-order valence-electron chi connectivity index (χ4n) is 4.30. The first kappa shape index (κ1) is 23.1. The second-order valence-electron chi connectivity index (χ2n) is 8.23. The molecule has 1 aromatic rings. The van der Waals surface area contributed by atoms with E-state index >= 15 is 0 Å². The van der Waals surface area contributed by atoms with Gasteiger partial charge in [-0.2, -0.15) is 0 Å². The van der Waals surface area contributed by atoms with Crippen molar-refractivity contribution in [3.05, 3.63) is 33.8 Å². The van der Waals surface area contributed by atoms with E-state index < -0.39 is 12.1 Å². The van der Waals surface area contributed by atoms with Crippen molar-refractivity contribution in [1.29, 1.82) is 0 Å². The highest BCUT2D eigenvalue weighted by Crippen LogP contribution is 2.25. The van der Waals surface area contributed by atoms with E-state index in [2.05, 4.69) is 9.80 Å². The number of halogens is 2. The molecular formula is C21H27Cl2N6O3+. The highest BCUT2D eigenvalue weighted by atomic mass is 35.5. The number of carbonyl (C=O) groups is 2. The van der Waals surface area contributed by atoms with Gasteiger partial charge in [-0.3, -0.25) is 24.4 Å². The van der Waals surface area contributed by atoms with Crippen LogP contribution in [0.15, 0.2) is 23.2 Å². The third-order valence-electron chi connectivity index (χ3n) is 6.22. The van der Waals surface area contributed by atoms with Gasteiger partial charge in [0.1, 0.15) is 13.1 Å². The summed E-state index contributed by atoms with van der Waals surface area (Å²) < 4.78 is 1.94. The number of benzene rings is 1. The summed E-state index contributed by atoms with van der Waals surface area (Å²) in [7, 11) is 3.13. The molecular weight excluding hydrogens is 455 g/mol. The SMILES string of the molecule is CN1C(=O)C2C(=NC(CN3CCN(CCO)CC3)=[N+]2Cc2ccc(Cl)cc2Cl)N(C)C1=O. The Kier molecular flexibility index (Phi) is 6.83. The summed E-state index contributed by atoms with van der Waals surface area (Å²) in [6.07, 6.45) is 0. The average Bonchev–Trinajstić information content (AvgIpc) is 3.12. The van der Waals surface area contributed by atoms with Crippen molar-refractivity contribution in [1.82, 2.24) is 19.6 Å². The molecule has 3 heterocycles. The van der Waals surface area contributed by atoms with Crippen molar-refractivity contribution in [3.8, 4) is 0 Å². The van der Waals surface area contributed by atoms with Gasteiger partial charge in [-0.1, -0.05) is 29.3 Å². The topological polar surface area (TPSA) is 82.7 Å². The Hall–Kier alpha value is -2.04. The van der Waals surface area contributed by atoms with Crippen molar-refractivity contribution in [2.45, 2.75) is 12.6 Å². The maximum Gasteiger partial charge on any atom is 0.333 e. The minimum absolute atomic E-state index is 0.151. The Morgan fingerprint density at radius 1 is 1.09 bits per heavy atom. The summed E-state index contributed by atoms with van der Waals surface area (Å²) >= 11 is 12.5. The van der Waals surface area contributed by atoms with Crippen LogP contribution in [0.25, 0.3) is 0 Å². The van der Waals surface area contributed by atoms with Crippen LogP contribution in [-0.2, 0) is 11.3 Å². The van der Waals surface area contributed by atoms with Gasteiger partial charge >= 0.3 is 11.9 Å². The van der Waals surface area contributed by atoms with Crippen molar-refractivity contribution in [2.75, 3.05) is 60.0 Å². The number of hydrogen-bond acceptors (Lipinski definition) is 6. The standard InChI is InChI=1S/C21H27Cl2N6O3/c1-25-19-18(20(31)26(2)21(25)32)29(12-14-3-4-15(22)11-16(14)23)17(24-19)13-28-7-5-27(6-8-28)9-10-30/h3-4,11,18,30H,5-10,12-13H2,1-2H3/q+1. The summed E-state index contributed by atoms with van der Waals surface area (Å²) in [6, 6.07) is 4.22. The molecule has 9 nitrogen and oxygen atoms in total. The summed E-state index contributed by atoms with van der Waals surface area (Å²) in [4.78, 5) is 37.4. The number of aliphatic imine (C=N–C) groups is 1. The second-order valence-corrected chi connectivity index (χ2v) is 9.08. The third kappa shape index (κ3) is 4.40. The first-order valence-corrected chi connectivity index (χ1v) is 11.3. The number of hydrogen-bond donors (Lipinski definition) is 1. The number of aliphatic hydroxyl groups excluding tert-OH is 1. The van der Waals surface area contributed by atoms with Crippen LogP contribution < -0.4 is 0 Å². The number of rotatable bonds is 6. The predicted octanol–water partition coefficient (Wildman–Crippen LogP) is 0.819. The van der Waals surface area contributed by atoms with Gasteiger partial charge in [-0.15, -0.1) is 0 Å². The molecule has 0 radical (unpaired) electrons. The third-order valence-corrected chi connectivity index (χ3v) is 6.80. The molecule has 32 heavy (non-hydrogen) atoms. The van der Waals surface area contributed by atoms with Crippen LogP contribution in [-0.4, -0.2) is 119 Å². The highest BCUT2D eigenvalue weighted by Gasteiger charge is 2.53. The smallest absolute Gasteiger partial charge is 0.333 e. The van der Waals surface area contributed by atoms with Crippen LogP contribution in [0.2, 0.25) is 10.0 Å². The van der Waals surface area contributed by atoms with Gasteiger partial charge < -0.3 is 5.11 Å². The molecule has 11 heteroatoms. The van der Waals surface area contributed by atoms with Crippen LogP contribution in [0.5, 0.6) is 0 Å². The van der Waals surface area contributed by atoms with Gasteiger partial charge in [0, 0.05) is 62.4 Å². The molecule has 3 aliphatic heterocycles. The molecule has 4 rings (SSSR count). The number of amides is 3. The molecule has 1 N–H and O–H groups in total. The zero-order valence-corrected chi connectivity index (χ0v) is 19.7. The Bertz CT molecular complexity index is 990. The van der Waals surface area contributed by atoms with E-state index in [-0.39, 0.29) is 12.5 Å². The summed E-state index contributed by atoms with van der Waals surface area (Å²) in [5.74, 6) is 0.867. The molecule has 2 fully saturated rings. The van der Waals surface area contributed by atoms with E-state index in [9.17, 15) is 9.59 Å². The summed E-state index contributed by atoms with van der Waals surface area (Å²) in [5, 5.41) is 10.2. The lowest BCUT2D eigenvalue weighted by atomic mass is 10.1. The van der Waals surface area contributed by atoms with E-state index in [0.717, 1.165) is 42.5 Å². The molecule has 0 aliphatic carbocycles. The fraction of sp³-hybridized carbons (Fsp3) is 0.524. The van der Waals surface area contributed by atoms with Gasteiger partial charge in [0.2, 0.25) is 0 Å². The normalized spacial score (nSPS) is 22.7. The Balaban J connectivity index is 1.64. The van der Waals surface area contributed by atoms with Crippen LogP contribution in [0.1, 0.15) is 5.56 Å². The lowest BCUT2D eigenvalue weighted by Crippen LogP contribution is -2.61. The number of nitrogens with zero attached hydrogens (tertiary/aromatic N) is 6. The van der Waals surface area contributed by atoms with Gasteiger partial charge in [0.25, 0.3) is 17.8 Å². The number of aliphatic hydroxyl groups is 1. The summed E-state index contributed by atoms with van der Waals surface area (Å²) in [6.45, 7) is 5.12. The minimum atomic E-state index is -0.680. The molecule has 0 spiro atoms. The van der Waals surface area contributed by atoms with Gasteiger partial charge in [0.05, 0.1) is 6.61 Å². The Labute approximate surface area is 197 Å². The number of urea groups is 1. The van der Waals surface area contributed by atoms with Crippen molar-refractivity contribution in [3.63, 3.8) is 0 Å². The van der Waals surface area contributed by atoms with E-state index in [0.29, 0.717) is 35.5 Å². The van der Waals surface area contributed by atoms with E-state index in [1.165, 1.54) is 11.9 Å². The maximum absolute atomic E-state index is 13.1. The first-order valence-electron chi connectivity index (χ1n) is 10.6. The number of likely N-dealkylation sites (N-methyl/N-ethyl adjacent to an activating group) is 2. The number of amidine groups is 2. The largest absolute Gasteiger partial charge is 0.395 e. The number of imide groups is 1. The van der Waals surface area contributed by atoms with Crippen LogP contribution in [0.4, 0.5) is 4.79 Å². The molecule has 172 valence electrons. The number of β-amino-alcohol motifs (C(OH)–C–C–N with tert-alkyl or cyclic N) is 1. The Morgan fingerprint density at radius 3 is 2.44 bits per heavy atom. The predicted molar refractivity (Wildman–Crippen MR) is 123 cm³/mol. The molecule has 0 saturated carbocycles. The van der Waals surface area contributed by atoms with Crippen molar-refractivity contribution >= 4 is 46.8 Å². The molecule has 3 aliphatic rings. The van der Waals surface area contributed by atoms with Crippen LogP contribution >= 0.6 is 23.2 Å². The molecule has 0 aromatic heterocycles. The van der Waals surface area contributed by atoms with Gasteiger partial charge in [-0.05, 0) is 17.1 Å². The molecule has 3 amide bonds. The van der Waals surface area contributed by atoms with E-state index in [4.69, 9.17) is 33.3 Å². The second kappa shape index (κ2) is 9.44. The van der Waals surface area contributed by atoms with Gasteiger partial charge in [-0.25, -0.2) is 9.37 Å². The van der Waals surface area contributed by atoms with Crippen LogP contribution in [0, 0.1) is 0 Å². The highest BCUT2D eigenvalue weighted by molar-refractivity contribution is 6.35. The van der Waals surface area contributed by atoms with Crippen LogP contribution in [0.3, 0.4) is 0 Å². The van der Waals surface area contributed by atoms with E-state index in [1.807, 2.05) is 10.6 Å². The number of piperazine rings is 1. The maximum atomic E-state index is 13.1. The zero-order valence-electron chi connectivity index (χ0n) is 18.2.